The lowest BCUT2D eigenvalue weighted by atomic mass is 10.2. The van der Waals surface area contributed by atoms with Crippen LogP contribution in [0, 0.1) is 13.8 Å². The van der Waals surface area contributed by atoms with Crippen molar-refractivity contribution in [2.45, 2.75) is 24.5 Å². The van der Waals surface area contributed by atoms with Gasteiger partial charge in [0.2, 0.25) is 15.7 Å². The molecule has 0 fully saturated rings. The lowest BCUT2D eigenvalue weighted by Crippen LogP contribution is -2.33. The van der Waals surface area contributed by atoms with Crippen molar-refractivity contribution >= 4 is 27.3 Å². The van der Waals surface area contributed by atoms with E-state index in [4.69, 9.17) is 0 Å². The fourth-order valence-corrected chi connectivity index (χ4v) is 3.02. The molecule has 0 aliphatic heterocycles. The normalized spacial score (nSPS) is 11.5. The van der Waals surface area contributed by atoms with Gasteiger partial charge in [-0.1, -0.05) is 0 Å². The molecule has 1 heterocycles. The van der Waals surface area contributed by atoms with Crippen LogP contribution in [0.3, 0.4) is 0 Å². The smallest absolute Gasteiger partial charge is 0.341 e. The molecule has 0 spiro atoms. The number of amides is 2. The molecule has 146 valence electrons. The molecule has 2 amide bonds. The van der Waals surface area contributed by atoms with E-state index in [9.17, 15) is 26.8 Å². The number of hydrogen-bond donors (Lipinski definition) is 2. The quantitative estimate of drug-likeness (QED) is 0.762. The van der Waals surface area contributed by atoms with Crippen LogP contribution in [-0.4, -0.2) is 42.3 Å². The first kappa shape index (κ1) is 20.5. The number of aromatic nitrogens is 2. The molecule has 0 saturated carbocycles. The number of nitrogens with one attached hydrogen (secondary N) is 2. The summed E-state index contributed by atoms with van der Waals surface area (Å²) in [5, 5.41) is 9.18. The number of carbonyl (C=O) groups excluding carboxylic acids is 2. The van der Waals surface area contributed by atoms with E-state index in [-0.39, 0.29) is 12.1 Å². The summed E-state index contributed by atoms with van der Waals surface area (Å²) in [5.74, 6) is -4.66. The molecule has 0 saturated heterocycles. The first-order valence-corrected chi connectivity index (χ1v) is 9.29. The van der Waals surface area contributed by atoms with E-state index in [2.05, 4.69) is 15.7 Å². The second-order valence-corrected chi connectivity index (χ2v) is 7.65. The van der Waals surface area contributed by atoms with E-state index < -0.39 is 32.3 Å². The Hall–Kier alpha value is -2.82. The number of alkyl halides is 2. The summed E-state index contributed by atoms with van der Waals surface area (Å²) in [4.78, 5) is 23.4. The van der Waals surface area contributed by atoms with Gasteiger partial charge in [-0.2, -0.15) is 13.9 Å². The molecule has 2 N–H and O–H groups in total. The van der Waals surface area contributed by atoms with Crippen LogP contribution in [-0.2, 0) is 21.7 Å². The molecular formula is C16H18F2N4O4S. The molecule has 0 radical (unpaired) electrons. The molecule has 0 aliphatic rings. The lowest BCUT2D eigenvalue weighted by Gasteiger charge is -2.08. The van der Waals surface area contributed by atoms with Crippen molar-refractivity contribution in [2.24, 2.45) is 7.05 Å². The molecule has 8 nitrogen and oxygen atoms in total. The fraction of sp³-hybridized carbons (Fsp3) is 0.312. The van der Waals surface area contributed by atoms with Crippen molar-refractivity contribution in [2.75, 3.05) is 11.9 Å². The van der Waals surface area contributed by atoms with Gasteiger partial charge in [0.1, 0.15) is 0 Å². The Balaban J connectivity index is 1.98. The molecule has 2 aromatic rings. The molecule has 2 rings (SSSR count). The molecule has 0 bridgehead atoms. The van der Waals surface area contributed by atoms with Crippen molar-refractivity contribution in [1.82, 2.24) is 15.1 Å². The Morgan fingerprint density at radius 1 is 1.19 bits per heavy atom. The summed E-state index contributed by atoms with van der Waals surface area (Å²) >= 11 is 0. The molecule has 0 atom stereocenters. The zero-order chi connectivity index (χ0) is 20.4. The van der Waals surface area contributed by atoms with E-state index in [0.717, 1.165) is 30.0 Å². The van der Waals surface area contributed by atoms with Crippen LogP contribution < -0.4 is 10.6 Å². The third-order valence-corrected chi connectivity index (χ3v) is 5.26. The molecule has 27 heavy (non-hydrogen) atoms. The van der Waals surface area contributed by atoms with Gasteiger partial charge in [0.25, 0.3) is 5.91 Å². The highest BCUT2D eigenvalue weighted by Gasteiger charge is 2.26. The number of sulfone groups is 1. The maximum Gasteiger partial charge on any atom is 0.341 e. The number of carbonyl (C=O) groups is 2. The number of halogens is 2. The van der Waals surface area contributed by atoms with Gasteiger partial charge < -0.3 is 10.6 Å². The highest BCUT2D eigenvalue weighted by atomic mass is 32.2. The fourth-order valence-electron chi connectivity index (χ4n) is 2.30. The molecule has 1 aromatic heterocycles. The van der Waals surface area contributed by atoms with E-state index in [1.165, 1.54) is 0 Å². The van der Waals surface area contributed by atoms with E-state index >= 15 is 0 Å². The first-order valence-electron chi connectivity index (χ1n) is 7.74. The zero-order valence-corrected chi connectivity index (χ0v) is 15.6. The van der Waals surface area contributed by atoms with E-state index in [0.29, 0.717) is 11.4 Å². The highest BCUT2D eigenvalue weighted by molar-refractivity contribution is 7.91. The summed E-state index contributed by atoms with van der Waals surface area (Å²) in [6.07, 6.45) is 0. The standard InChI is InChI=1S/C16H18F2N4O4S/c1-9-14(10(2)22(3)21-9)20-13(23)8-19-15(24)11-4-6-12(7-5-11)27(25,26)16(17)18/h4-7,16H,8H2,1-3H3,(H,19,24)(H,20,23). The third-order valence-electron chi connectivity index (χ3n) is 3.86. The molecule has 1 aromatic carbocycles. The van der Waals surface area contributed by atoms with Gasteiger partial charge in [0, 0.05) is 12.6 Å². The summed E-state index contributed by atoms with van der Waals surface area (Å²) in [5.41, 5.74) is 1.97. The van der Waals surface area contributed by atoms with Crippen molar-refractivity contribution in [1.29, 1.82) is 0 Å². The SMILES string of the molecule is Cc1nn(C)c(C)c1NC(=O)CNC(=O)c1ccc(S(=O)(=O)C(F)F)cc1. The predicted molar refractivity (Wildman–Crippen MR) is 93.3 cm³/mol. The summed E-state index contributed by atoms with van der Waals surface area (Å²) in [6.45, 7) is 3.18. The minimum absolute atomic E-state index is 0.0322. The van der Waals surface area contributed by atoms with E-state index in [1.807, 2.05) is 0 Å². The minimum atomic E-state index is -4.72. The largest absolute Gasteiger partial charge is 0.343 e. The van der Waals surface area contributed by atoms with Gasteiger partial charge in [-0.15, -0.1) is 0 Å². The Labute approximate surface area is 154 Å². The predicted octanol–water partition coefficient (Wildman–Crippen LogP) is 1.40. The van der Waals surface area contributed by atoms with Gasteiger partial charge in [-0.3, -0.25) is 14.3 Å². The second-order valence-electron chi connectivity index (χ2n) is 5.73. The topological polar surface area (TPSA) is 110 Å². The van der Waals surface area contributed by atoms with Crippen LogP contribution in [0.15, 0.2) is 29.2 Å². The number of rotatable bonds is 6. The van der Waals surface area contributed by atoms with Gasteiger partial charge in [0.15, 0.2) is 0 Å². The van der Waals surface area contributed by atoms with Gasteiger partial charge in [-0.25, -0.2) is 8.42 Å². The Bertz CT molecular complexity index is 969. The third kappa shape index (κ3) is 4.48. The number of anilines is 1. The number of nitrogens with zero attached hydrogens (tertiary/aromatic N) is 2. The van der Waals surface area contributed by atoms with Crippen molar-refractivity contribution < 1.29 is 26.8 Å². The van der Waals surface area contributed by atoms with Crippen LogP contribution in [0.25, 0.3) is 0 Å². The number of benzene rings is 1. The Kier molecular flexibility index (Phi) is 5.94. The van der Waals surface area contributed by atoms with Crippen LogP contribution in [0.4, 0.5) is 14.5 Å². The molecular weight excluding hydrogens is 382 g/mol. The van der Waals surface area contributed by atoms with Crippen LogP contribution in [0.1, 0.15) is 21.7 Å². The minimum Gasteiger partial charge on any atom is -0.343 e. The first-order chi connectivity index (χ1) is 12.5. The van der Waals surface area contributed by atoms with Crippen LogP contribution in [0.2, 0.25) is 0 Å². The average molecular weight is 400 g/mol. The highest BCUT2D eigenvalue weighted by Crippen LogP contribution is 2.19. The van der Waals surface area contributed by atoms with Gasteiger partial charge in [-0.05, 0) is 38.1 Å². The molecule has 0 unspecified atom stereocenters. The Morgan fingerprint density at radius 2 is 1.78 bits per heavy atom. The number of hydrogen-bond acceptors (Lipinski definition) is 5. The van der Waals surface area contributed by atoms with Crippen LogP contribution in [0.5, 0.6) is 0 Å². The van der Waals surface area contributed by atoms with Crippen LogP contribution >= 0.6 is 0 Å². The molecule has 0 aliphatic carbocycles. The summed E-state index contributed by atoms with van der Waals surface area (Å²) in [7, 11) is -2.99. The van der Waals surface area contributed by atoms with Crippen molar-refractivity contribution in [3.63, 3.8) is 0 Å². The summed E-state index contributed by atoms with van der Waals surface area (Å²) < 4.78 is 49.3. The molecule has 11 heteroatoms. The maximum atomic E-state index is 12.5. The van der Waals surface area contributed by atoms with Crippen molar-refractivity contribution in [3.8, 4) is 0 Å². The second kappa shape index (κ2) is 7.82. The zero-order valence-electron chi connectivity index (χ0n) is 14.8. The van der Waals surface area contributed by atoms with E-state index in [1.54, 1.807) is 25.6 Å². The maximum absolute atomic E-state index is 12.5. The Morgan fingerprint density at radius 3 is 2.26 bits per heavy atom. The average Bonchev–Trinajstić information content (AvgIpc) is 2.85. The van der Waals surface area contributed by atoms with Gasteiger partial charge in [0.05, 0.1) is 28.5 Å². The lowest BCUT2D eigenvalue weighted by molar-refractivity contribution is -0.115. The van der Waals surface area contributed by atoms with Gasteiger partial charge >= 0.3 is 5.76 Å². The number of aryl methyl sites for hydroxylation is 2. The monoisotopic (exact) mass is 400 g/mol. The van der Waals surface area contributed by atoms with Crippen molar-refractivity contribution in [3.05, 3.63) is 41.2 Å². The summed E-state index contributed by atoms with van der Waals surface area (Å²) in [6, 6.07) is 4.02.